The first-order chi connectivity index (χ1) is 9.60. The molecule has 0 N–H and O–H groups in total. The van der Waals surface area contributed by atoms with Gasteiger partial charge in [-0.25, -0.2) is 9.18 Å². The van der Waals surface area contributed by atoms with Crippen LogP contribution in [0.15, 0.2) is 42.5 Å². The van der Waals surface area contributed by atoms with Gasteiger partial charge in [-0.05, 0) is 35.9 Å². The molecule has 0 saturated carbocycles. The van der Waals surface area contributed by atoms with Crippen LogP contribution < -0.4 is 0 Å². The highest BCUT2D eigenvalue weighted by Gasteiger charge is 2.13. The van der Waals surface area contributed by atoms with E-state index in [2.05, 4.69) is 0 Å². The summed E-state index contributed by atoms with van der Waals surface area (Å²) in [6.45, 7) is -0.00116. The van der Waals surface area contributed by atoms with E-state index in [0.717, 1.165) is 6.07 Å². The summed E-state index contributed by atoms with van der Waals surface area (Å²) in [5, 5.41) is 9.15. The second kappa shape index (κ2) is 6.18. The third-order valence-electron chi connectivity index (χ3n) is 2.58. The van der Waals surface area contributed by atoms with E-state index in [1.807, 2.05) is 0 Å². The van der Waals surface area contributed by atoms with E-state index in [-0.39, 0.29) is 17.7 Å². The Morgan fingerprint density at radius 2 is 2.10 bits per heavy atom. The van der Waals surface area contributed by atoms with Crippen molar-refractivity contribution >= 4 is 17.6 Å². The van der Waals surface area contributed by atoms with E-state index in [4.69, 9.17) is 21.6 Å². The minimum atomic E-state index is -0.785. The Morgan fingerprint density at radius 1 is 1.30 bits per heavy atom. The second-order valence-corrected chi connectivity index (χ2v) is 4.45. The van der Waals surface area contributed by atoms with Crippen molar-refractivity contribution in [3.63, 3.8) is 0 Å². The fraction of sp³-hybridized carbons (Fsp3) is 0.0667. The van der Waals surface area contributed by atoms with Gasteiger partial charge in [0.1, 0.15) is 12.4 Å². The Morgan fingerprint density at radius 3 is 2.75 bits per heavy atom. The number of carbonyl (C=O) groups excluding carboxylic acids is 1. The molecule has 100 valence electrons. The van der Waals surface area contributed by atoms with Crippen LogP contribution in [0.5, 0.6) is 0 Å². The molecule has 0 radical (unpaired) electrons. The van der Waals surface area contributed by atoms with Gasteiger partial charge in [-0.1, -0.05) is 23.7 Å². The summed E-state index contributed by atoms with van der Waals surface area (Å²) < 4.78 is 18.6. The smallest absolute Gasteiger partial charge is 0.341 e. The summed E-state index contributed by atoms with van der Waals surface area (Å²) in [4.78, 5) is 11.7. The second-order valence-electron chi connectivity index (χ2n) is 4.01. The van der Waals surface area contributed by atoms with Crippen LogP contribution in [0.3, 0.4) is 0 Å². The molecule has 0 amide bonds. The van der Waals surface area contributed by atoms with Crippen LogP contribution >= 0.6 is 11.6 Å². The fourth-order valence-corrected chi connectivity index (χ4v) is 1.82. The van der Waals surface area contributed by atoms with Gasteiger partial charge in [0, 0.05) is 5.02 Å². The lowest BCUT2D eigenvalue weighted by atomic mass is 10.1. The maximum Gasteiger partial charge on any atom is 0.341 e. The van der Waals surface area contributed by atoms with E-state index >= 15 is 0 Å². The van der Waals surface area contributed by atoms with Gasteiger partial charge in [0.15, 0.2) is 0 Å². The van der Waals surface area contributed by atoms with Crippen molar-refractivity contribution in [2.24, 2.45) is 0 Å². The zero-order valence-electron chi connectivity index (χ0n) is 10.3. The van der Waals surface area contributed by atoms with Crippen molar-refractivity contribution in [3.05, 3.63) is 70.0 Å². The Balaban J connectivity index is 2.07. The monoisotopic (exact) mass is 289 g/mol. The van der Waals surface area contributed by atoms with E-state index in [0.29, 0.717) is 10.6 Å². The number of carbonyl (C=O) groups is 1. The molecule has 0 atom stereocenters. The first-order valence-electron chi connectivity index (χ1n) is 5.71. The predicted molar refractivity (Wildman–Crippen MR) is 71.7 cm³/mol. The minimum absolute atomic E-state index is 0.00116. The predicted octanol–water partition coefficient (Wildman–Crippen LogP) is 3.71. The third kappa shape index (κ3) is 3.34. The molecule has 3 nitrogen and oxygen atoms in total. The van der Waals surface area contributed by atoms with Gasteiger partial charge in [0.25, 0.3) is 0 Å². The number of benzene rings is 2. The quantitative estimate of drug-likeness (QED) is 0.809. The highest BCUT2D eigenvalue weighted by Crippen LogP contribution is 2.14. The Kier molecular flexibility index (Phi) is 4.34. The van der Waals surface area contributed by atoms with Crippen LogP contribution in [-0.2, 0) is 11.3 Å². The molecule has 0 bridgehead atoms. The lowest BCUT2D eigenvalue weighted by molar-refractivity contribution is 0.0467. The van der Waals surface area contributed by atoms with Gasteiger partial charge in [0.05, 0.1) is 17.2 Å². The summed E-state index contributed by atoms with van der Waals surface area (Å²) in [6, 6.07) is 12.2. The van der Waals surface area contributed by atoms with Gasteiger partial charge >= 0.3 is 5.97 Å². The van der Waals surface area contributed by atoms with Crippen molar-refractivity contribution in [1.82, 2.24) is 0 Å². The van der Waals surface area contributed by atoms with Crippen LogP contribution in [0.25, 0.3) is 0 Å². The zero-order chi connectivity index (χ0) is 14.5. The van der Waals surface area contributed by atoms with Crippen molar-refractivity contribution < 1.29 is 13.9 Å². The fourth-order valence-electron chi connectivity index (χ4n) is 1.60. The molecule has 20 heavy (non-hydrogen) atoms. The Labute approximate surface area is 120 Å². The van der Waals surface area contributed by atoms with Crippen molar-refractivity contribution in [3.8, 4) is 6.07 Å². The molecule has 2 aromatic carbocycles. The molecular weight excluding hydrogens is 281 g/mol. The van der Waals surface area contributed by atoms with Crippen LogP contribution in [0.2, 0.25) is 5.02 Å². The summed E-state index contributed by atoms with van der Waals surface area (Å²) in [5.74, 6) is -1.56. The molecule has 5 heteroatoms. The summed E-state index contributed by atoms with van der Waals surface area (Å²) in [7, 11) is 0. The number of hydrogen-bond donors (Lipinski definition) is 0. The third-order valence-corrected chi connectivity index (χ3v) is 2.81. The zero-order valence-corrected chi connectivity index (χ0v) is 11.0. The standard InChI is InChI=1S/C15H9ClFNO2/c16-12-3-1-2-11(6-12)9-20-15(19)13-5-4-10(8-18)7-14(13)17/h1-7H,9H2. The maximum atomic E-state index is 13.6. The topological polar surface area (TPSA) is 50.1 Å². The van der Waals surface area contributed by atoms with Crippen LogP contribution in [0, 0.1) is 17.1 Å². The molecular formula is C15H9ClFNO2. The SMILES string of the molecule is N#Cc1ccc(C(=O)OCc2cccc(Cl)c2)c(F)c1. The summed E-state index contributed by atoms with van der Waals surface area (Å²) >= 11 is 5.80. The van der Waals surface area contributed by atoms with E-state index in [9.17, 15) is 9.18 Å². The minimum Gasteiger partial charge on any atom is -0.457 e. The number of hydrogen-bond acceptors (Lipinski definition) is 3. The van der Waals surface area contributed by atoms with E-state index in [1.54, 1.807) is 30.3 Å². The molecule has 0 fully saturated rings. The molecule has 0 spiro atoms. The average molecular weight is 290 g/mol. The summed E-state index contributed by atoms with van der Waals surface area (Å²) in [6.07, 6.45) is 0. The number of halogens is 2. The van der Waals surface area contributed by atoms with Crippen LogP contribution in [0.4, 0.5) is 4.39 Å². The van der Waals surface area contributed by atoms with E-state index < -0.39 is 11.8 Å². The largest absolute Gasteiger partial charge is 0.457 e. The number of esters is 1. The lowest BCUT2D eigenvalue weighted by Gasteiger charge is -2.06. The highest BCUT2D eigenvalue weighted by molar-refractivity contribution is 6.30. The Hall–Kier alpha value is -2.38. The normalized spacial score (nSPS) is 9.85. The number of nitriles is 1. The first kappa shape index (κ1) is 14.0. The molecule has 2 aromatic rings. The molecule has 0 saturated heterocycles. The lowest BCUT2D eigenvalue weighted by Crippen LogP contribution is -2.07. The van der Waals surface area contributed by atoms with E-state index in [1.165, 1.54) is 12.1 Å². The summed E-state index contributed by atoms with van der Waals surface area (Å²) in [5.41, 5.74) is 0.653. The van der Waals surface area contributed by atoms with Gasteiger partial charge in [-0.2, -0.15) is 5.26 Å². The Bertz CT molecular complexity index is 695. The molecule has 0 aliphatic heterocycles. The molecule has 0 aromatic heterocycles. The maximum absolute atomic E-state index is 13.6. The van der Waals surface area contributed by atoms with Crippen LogP contribution in [-0.4, -0.2) is 5.97 Å². The van der Waals surface area contributed by atoms with Crippen molar-refractivity contribution in [2.75, 3.05) is 0 Å². The van der Waals surface area contributed by atoms with Gasteiger partial charge in [-0.15, -0.1) is 0 Å². The number of nitrogens with zero attached hydrogens (tertiary/aromatic N) is 1. The van der Waals surface area contributed by atoms with Gasteiger partial charge < -0.3 is 4.74 Å². The highest BCUT2D eigenvalue weighted by atomic mass is 35.5. The number of ether oxygens (including phenoxy) is 1. The van der Waals surface area contributed by atoms with Crippen molar-refractivity contribution in [1.29, 1.82) is 5.26 Å². The van der Waals surface area contributed by atoms with Gasteiger partial charge in [0.2, 0.25) is 0 Å². The number of rotatable bonds is 3. The van der Waals surface area contributed by atoms with Gasteiger partial charge in [-0.3, -0.25) is 0 Å². The molecule has 0 aliphatic carbocycles. The first-order valence-corrected chi connectivity index (χ1v) is 6.09. The molecule has 0 aliphatic rings. The molecule has 0 heterocycles. The van der Waals surface area contributed by atoms with Crippen molar-refractivity contribution in [2.45, 2.75) is 6.61 Å². The average Bonchev–Trinajstić information content (AvgIpc) is 2.44. The van der Waals surface area contributed by atoms with Crippen LogP contribution in [0.1, 0.15) is 21.5 Å². The molecule has 2 rings (SSSR count). The molecule has 0 unspecified atom stereocenters.